The van der Waals surface area contributed by atoms with Gasteiger partial charge >= 0.3 is 6.18 Å². The summed E-state index contributed by atoms with van der Waals surface area (Å²) in [5.74, 6) is 0. The second-order valence-corrected chi connectivity index (χ2v) is 3.70. The van der Waals surface area contributed by atoms with E-state index in [2.05, 4.69) is 10.1 Å². The molecule has 0 bridgehead atoms. The minimum Gasteiger partial charge on any atom is -0.377 e. The molecule has 0 saturated heterocycles. The molecule has 0 heterocycles. The fourth-order valence-electron chi connectivity index (χ4n) is 1.35. The summed E-state index contributed by atoms with van der Waals surface area (Å²) in [4.78, 5) is 10.1. The van der Waals surface area contributed by atoms with Gasteiger partial charge in [-0.3, -0.25) is 10.1 Å². The smallest absolute Gasteiger partial charge is 0.377 e. The van der Waals surface area contributed by atoms with Crippen molar-refractivity contribution in [1.82, 2.24) is 0 Å². The molecule has 108 valence electrons. The van der Waals surface area contributed by atoms with Crippen LogP contribution in [0.15, 0.2) is 18.2 Å². The van der Waals surface area contributed by atoms with Crippen molar-refractivity contribution in [3.05, 3.63) is 33.9 Å². The molecule has 0 atom stereocenters. The Hall–Kier alpha value is -2.34. The van der Waals surface area contributed by atoms with Gasteiger partial charge < -0.3 is 10.1 Å². The third-order valence-corrected chi connectivity index (χ3v) is 2.15. The maximum Gasteiger partial charge on any atom is 0.411 e. The number of rotatable bonds is 6. The van der Waals surface area contributed by atoms with Gasteiger partial charge in [-0.25, -0.2) is 0 Å². The summed E-state index contributed by atoms with van der Waals surface area (Å²) in [5, 5.41) is 22.0. The molecular weight excluding hydrogens is 279 g/mol. The number of nitro groups is 1. The number of alkyl halides is 3. The van der Waals surface area contributed by atoms with Crippen LogP contribution in [-0.2, 0) is 4.74 Å². The van der Waals surface area contributed by atoms with Crippen LogP contribution in [-0.4, -0.2) is 30.9 Å². The monoisotopic (exact) mass is 289 g/mol. The summed E-state index contributed by atoms with van der Waals surface area (Å²) in [5.41, 5.74) is -0.00112. The van der Waals surface area contributed by atoms with Crippen LogP contribution in [0.25, 0.3) is 0 Å². The number of nitrogens with zero attached hydrogens (tertiary/aromatic N) is 2. The van der Waals surface area contributed by atoms with E-state index in [4.69, 9.17) is 5.26 Å². The van der Waals surface area contributed by atoms with Crippen LogP contribution in [0.4, 0.5) is 24.5 Å². The van der Waals surface area contributed by atoms with Gasteiger partial charge in [0.1, 0.15) is 12.3 Å². The first kappa shape index (κ1) is 15.7. The molecule has 0 amide bonds. The number of benzene rings is 1. The Morgan fingerprint density at radius 1 is 1.45 bits per heavy atom. The first-order valence-corrected chi connectivity index (χ1v) is 5.40. The zero-order chi connectivity index (χ0) is 15.2. The molecule has 0 saturated carbocycles. The number of nitrogens with one attached hydrogen (secondary N) is 1. The lowest BCUT2D eigenvalue weighted by molar-refractivity contribution is -0.384. The van der Waals surface area contributed by atoms with Crippen molar-refractivity contribution < 1.29 is 22.8 Å². The highest BCUT2D eigenvalue weighted by atomic mass is 19.4. The highest BCUT2D eigenvalue weighted by Gasteiger charge is 2.27. The van der Waals surface area contributed by atoms with E-state index in [0.29, 0.717) is 0 Å². The zero-order valence-corrected chi connectivity index (χ0v) is 10.1. The van der Waals surface area contributed by atoms with Gasteiger partial charge in [-0.05, 0) is 12.1 Å². The number of halogens is 3. The fraction of sp³-hybridized carbons (Fsp3) is 0.364. The van der Waals surface area contributed by atoms with Gasteiger partial charge in [0.05, 0.1) is 23.2 Å². The van der Waals surface area contributed by atoms with Crippen molar-refractivity contribution in [2.75, 3.05) is 25.1 Å². The Kier molecular flexibility index (Phi) is 5.28. The van der Waals surface area contributed by atoms with E-state index < -0.39 is 17.7 Å². The van der Waals surface area contributed by atoms with Crippen molar-refractivity contribution >= 4 is 11.4 Å². The van der Waals surface area contributed by atoms with E-state index in [1.165, 1.54) is 12.1 Å². The van der Waals surface area contributed by atoms with Crippen molar-refractivity contribution in [3.8, 4) is 6.07 Å². The van der Waals surface area contributed by atoms with Gasteiger partial charge in [0.2, 0.25) is 0 Å². The van der Waals surface area contributed by atoms with E-state index in [1.807, 2.05) is 6.07 Å². The SMILES string of the molecule is N#Cc1ccc([N+](=O)[O-])c(NCCOCC(F)(F)F)c1. The van der Waals surface area contributed by atoms with Crippen molar-refractivity contribution in [2.45, 2.75) is 6.18 Å². The normalized spacial score (nSPS) is 10.9. The number of nitro benzene ring substituents is 1. The first-order valence-electron chi connectivity index (χ1n) is 5.40. The largest absolute Gasteiger partial charge is 0.411 e. The fourth-order valence-corrected chi connectivity index (χ4v) is 1.35. The second-order valence-electron chi connectivity index (χ2n) is 3.70. The first-order chi connectivity index (χ1) is 9.33. The van der Waals surface area contributed by atoms with E-state index >= 15 is 0 Å². The van der Waals surface area contributed by atoms with Gasteiger partial charge in [0.15, 0.2) is 0 Å². The van der Waals surface area contributed by atoms with Gasteiger partial charge in [0, 0.05) is 12.6 Å². The summed E-state index contributed by atoms with van der Waals surface area (Å²) < 4.78 is 39.8. The Balaban J connectivity index is 2.58. The third kappa shape index (κ3) is 5.11. The van der Waals surface area contributed by atoms with Crippen LogP contribution >= 0.6 is 0 Å². The minimum absolute atomic E-state index is 0.0498. The van der Waals surface area contributed by atoms with Crippen molar-refractivity contribution in [3.63, 3.8) is 0 Å². The standard InChI is InChI=1S/C11H10F3N3O3/c12-11(13,14)7-20-4-3-16-9-5-8(6-15)1-2-10(9)17(18)19/h1-2,5,16H,3-4,7H2. The van der Waals surface area contributed by atoms with Gasteiger partial charge in [-0.2, -0.15) is 18.4 Å². The third-order valence-electron chi connectivity index (χ3n) is 2.15. The average Bonchev–Trinajstić information content (AvgIpc) is 2.36. The maximum absolute atomic E-state index is 11.8. The lowest BCUT2D eigenvalue weighted by Crippen LogP contribution is -2.20. The maximum atomic E-state index is 11.8. The van der Waals surface area contributed by atoms with E-state index in [1.54, 1.807) is 0 Å². The number of hydrogen-bond donors (Lipinski definition) is 1. The quantitative estimate of drug-likeness (QED) is 0.493. The molecule has 1 N–H and O–H groups in total. The number of hydrogen-bond acceptors (Lipinski definition) is 5. The minimum atomic E-state index is -4.41. The van der Waals surface area contributed by atoms with Gasteiger partial charge in [0.25, 0.3) is 5.69 Å². The molecule has 1 aromatic rings. The molecule has 0 fully saturated rings. The molecule has 1 rings (SSSR count). The predicted molar refractivity (Wildman–Crippen MR) is 63.2 cm³/mol. The molecule has 0 spiro atoms. The van der Waals surface area contributed by atoms with Gasteiger partial charge in [-0.15, -0.1) is 0 Å². The van der Waals surface area contributed by atoms with E-state index in [0.717, 1.165) is 6.07 Å². The molecule has 0 unspecified atom stereocenters. The van der Waals surface area contributed by atoms with Crippen LogP contribution in [0, 0.1) is 21.4 Å². The van der Waals surface area contributed by atoms with Crippen LogP contribution in [0.1, 0.15) is 5.56 Å². The molecule has 0 radical (unpaired) electrons. The second kappa shape index (κ2) is 6.72. The molecule has 9 heteroatoms. The predicted octanol–water partition coefficient (Wildman–Crippen LogP) is 2.46. The Labute approximate surface area is 111 Å². The lowest BCUT2D eigenvalue weighted by atomic mass is 10.2. The van der Waals surface area contributed by atoms with Crippen LogP contribution < -0.4 is 5.32 Å². The van der Waals surface area contributed by atoms with Crippen molar-refractivity contribution in [2.24, 2.45) is 0 Å². The van der Waals surface area contributed by atoms with Crippen LogP contribution in [0.3, 0.4) is 0 Å². The summed E-state index contributed by atoms with van der Waals surface area (Å²) in [6.07, 6.45) is -4.41. The summed E-state index contributed by atoms with van der Waals surface area (Å²) in [6, 6.07) is 5.50. The molecular formula is C11H10F3N3O3. The Morgan fingerprint density at radius 2 is 2.15 bits per heavy atom. The molecule has 1 aromatic carbocycles. The van der Waals surface area contributed by atoms with Crippen LogP contribution in [0.5, 0.6) is 0 Å². The van der Waals surface area contributed by atoms with E-state index in [9.17, 15) is 23.3 Å². The molecule has 0 aromatic heterocycles. The molecule has 6 nitrogen and oxygen atoms in total. The molecule has 0 aliphatic rings. The van der Waals surface area contributed by atoms with Crippen LogP contribution in [0.2, 0.25) is 0 Å². The summed E-state index contributed by atoms with van der Waals surface area (Å²) >= 11 is 0. The highest BCUT2D eigenvalue weighted by Crippen LogP contribution is 2.25. The Morgan fingerprint density at radius 3 is 2.70 bits per heavy atom. The average molecular weight is 289 g/mol. The van der Waals surface area contributed by atoms with Crippen molar-refractivity contribution in [1.29, 1.82) is 5.26 Å². The number of anilines is 1. The summed E-state index contributed by atoms with van der Waals surface area (Å²) in [7, 11) is 0. The van der Waals surface area contributed by atoms with Gasteiger partial charge in [-0.1, -0.05) is 0 Å². The number of ether oxygens (including phenoxy) is 1. The lowest BCUT2D eigenvalue weighted by Gasteiger charge is -2.09. The molecule has 0 aliphatic carbocycles. The molecule has 20 heavy (non-hydrogen) atoms. The molecule has 0 aliphatic heterocycles. The Bertz CT molecular complexity index is 526. The summed E-state index contributed by atoms with van der Waals surface area (Å²) in [6.45, 7) is -1.70. The highest BCUT2D eigenvalue weighted by molar-refractivity contribution is 5.64. The van der Waals surface area contributed by atoms with E-state index in [-0.39, 0.29) is 30.1 Å². The topological polar surface area (TPSA) is 88.2 Å². The zero-order valence-electron chi connectivity index (χ0n) is 10.1. The number of nitriles is 1.